The molecule has 6 N–H and O–H groups in total. The van der Waals surface area contributed by atoms with Crippen LogP contribution in [0.1, 0.15) is 39.0 Å². The number of unbranched alkanes of at least 4 members (excludes halogenated alkanes) is 1. The fourth-order valence-electron chi connectivity index (χ4n) is 1.22. The van der Waals surface area contributed by atoms with Crippen LogP contribution in [0.5, 0.6) is 0 Å². The van der Waals surface area contributed by atoms with Gasteiger partial charge >= 0.3 is 0 Å². The van der Waals surface area contributed by atoms with Crippen LogP contribution in [0.15, 0.2) is 0 Å². The second kappa shape index (κ2) is 7.91. The summed E-state index contributed by atoms with van der Waals surface area (Å²) in [6, 6.07) is -0.387. The molecule has 4 nitrogen and oxygen atoms in total. The van der Waals surface area contributed by atoms with Crippen LogP contribution in [0.3, 0.4) is 0 Å². The van der Waals surface area contributed by atoms with E-state index in [1.165, 1.54) is 0 Å². The third kappa shape index (κ3) is 6.07. The smallest absolute Gasteiger partial charge is 0.151 e. The lowest BCUT2D eigenvalue weighted by Gasteiger charge is -2.13. The van der Waals surface area contributed by atoms with Gasteiger partial charge in [0, 0.05) is 12.5 Å². The standard InChI is InChI=1S/C10H23N3O/c1-2-8(12)7-10(14)9(13)5-3-4-6-11/h8-9H,2-7,11-13H2,1H3. The SMILES string of the molecule is CCC(N)CC(=O)C(N)CCCCN. The van der Waals surface area contributed by atoms with Crippen molar-refractivity contribution >= 4 is 5.78 Å². The number of carbonyl (C=O) groups is 1. The fraction of sp³-hybridized carbons (Fsp3) is 0.900. The van der Waals surface area contributed by atoms with Gasteiger partial charge in [-0.3, -0.25) is 4.79 Å². The first kappa shape index (κ1) is 13.5. The molecule has 4 heteroatoms. The Morgan fingerprint density at radius 1 is 1.29 bits per heavy atom. The third-order valence-corrected chi connectivity index (χ3v) is 2.37. The molecule has 0 saturated heterocycles. The summed E-state index contributed by atoms with van der Waals surface area (Å²) >= 11 is 0. The molecule has 14 heavy (non-hydrogen) atoms. The van der Waals surface area contributed by atoms with Crippen molar-refractivity contribution < 1.29 is 4.79 Å². The average Bonchev–Trinajstić information content (AvgIpc) is 2.17. The molecular formula is C10H23N3O. The molecule has 0 aliphatic carbocycles. The maximum atomic E-state index is 11.5. The summed E-state index contributed by atoms with van der Waals surface area (Å²) in [5.74, 6) is 0.0800. The van der Waals surface area contributed by atoms with Gasteiger partial charge in [0.05, 0.1) is 6.04 Å². The minimum Gasteiger partial charge on any atom is -0.330 e. The number of ketones is 1. The molecule has 0 aromatic heterocycles. The molecule has 0 aliphatic heterocycles. The van der Waals surface area contributed by atoms with Crippen molar-refractivity contribution in [3.05, 3.63) is 0 Å². The first-order valence-electron chi connectivity index (χ1n) is 5.35. The Bertz CT molecular complexity index is 161. The number of hydrogen-bond donors (Lipinski definition) is 3. The number of rotatable bonds is 8. The molecule has 84 valence electrons. The number of hydrogen-bond acceptors (Lipinski definition) is 4. The summed E-state index contributed by atoms with van der Waals surface area (Å²) in [6.07, 6.45) is 3.81. The van der Waals surface area contributed by atoms with Crippen LogP contribution in [0, 0.1) is 0 Å². The first-order chi connectivity index (χ1) is 6.61. The predicted octanol–water partition coefficient (Wildman–Crippen LogP) is 0.139. The van der Waals surface area contributed by atoms with Gasteiger partial charge in [-0.2, -0.15) is 0 Å². The molecule has 2 unspecified atom stereocenters. The summed E-state index contributed by atoms with van der Waals surface area (Å²) in [7, 11) is 0. The first-order valence-corrected chi connectivity index (χ1v) is 5.35. The number of carbonyl (C=O) groups excluding carboxylic acids is 1. The van der Waals surface area contributed by atoms with E-state index in [2.05, 4.69) is 0 Å². The Morgan fingerprint density at radius 2 is 1.93 bits per heavy atom. The van der Waals surface area contributed by atoms with Gasteiger partial charge in [0.1, 0.15) is 0 Å². The normalized spacial score (nSPS) is 15.1. The fourth-order valence-corrected chi connectivity index (χ4v) is 1.22. The van der Waals surface area contributed by atoms with Gasteiger partial charge in [0.15, 0.2) is 5.78 Å². The summed E-state index contributed by atoms with van der Waals surface area (Å²) in [5.41, 5.74) is 16.7. The number of nitrogens with two attached hydrogens (primary N) is 3. The largest absolute Gasteiger partial charge is 0.330 e. The van der Waals surface area contributed by atoms with Crippen LogP contribution < -0.4 is 17.2 Å². The third-order valence-electron chi connectivity index (χ3n) is 2.37. The zero-order chi connectivity index (χ0) is 11.0. The molecule has 0 aromatic rings. The van der Waals surface area contributed by atoms with E-state index in [9.17, 15) is 4.79 Å². The Kier molecular flexibility index (Phi) is 7.65. The van der Waals surface area contributed by atoms with E-state index in [1.54, 1.807) is 0 Å². The summed E-state index contributed by atoms with van der Waals surface area (Å²) in [5, 5.41) is 0. The molecule has 0 spiro atoms. The van der Waals surface area contributed by atoms with Crippen molar-refractivity contribution in [1.29, 1.82) is 0 Å². The summed E-state index contributed by atoms with van der Waals surface area (Å²) < 4.78 is 0. The van der Waals surface area contributed by atoms with Crippen molar-refractivity contribution in [3.63, 3.8) is 0 Å². The van der Waals surface area contributed by atoms with Gasteiger partial charge in [-0.05, 0) is 25.8 Å². The van der Waals surface area contributed by atoms with Crippen LogP contribution in [0.25, 0.3) is 0 Å². The highest BCUT2D eigenvalue weighted by molar-refractivity contribution is 5.84. The van der Waals surface area contributed by atoms with Crippen molar-refractivity contribution in [3.8, 4) is 0 Å². The Labute approximate surface area is 86.2 Å². The van der Waals surface area contributed by atoms with Crippen LogP contribution in [-0.4, -0.2) is 24.4 Å². The minimum atomic E-state index is -0.348. The molecule has 0 radical (unpaired) electrons. The van der Waals surface area contributed by atoms with Gasteiger partial charge in [-0.1, -0.05) is 13.3 Å². The van der Waals surface area contributed by atoms with Gasteiger partial charge in [-0.15, -0.1) is 0 Å². The molecule has 0 heterocycles. The van der Waals surface area contributed by atoms with E-state index in [0.717, 1.165) is 25.7 Å². The second-order valence-corrected chi connectivity index (χ2v) is 3.73. The van der Waals surface area contributed by atoms with Crippen molar-refractivity contribution in [2.24, 2.45) is 17.2 Å². The highest BCUT2D eigenvalue weighted by Gasteiger charge is 2.15. The lowest BCUT2D eigenvalue weighted by atomic mass is 10.00. The molecule has 2 atom stereocenters. The topological polar surface area (TPSA) is 95.1 Å². The van der Waals surface area contributed by atoms with E-state index in [0.29, 0.717) is 13.0 Å². The van der Waals surface area contributed by atoms with Crippen LogP contribution >= 0.6 is 0 Å². The molecular weight excluding hydrogens is 178 g/mol. The van der Waals surface area contributed by atoms with E-state index in [1.807, 2.05) is 6.92 Å². The monoisotopic (exact) mass is 201 g/mol. The Hall–Kier alpha value is -0.450. The summed E-state index contributed by atoms with van der Waals surface area (Å²) in [4.78, 5) is 11.5. The molecule has 0 saturated carbocycles. The van der Waals surface area contributed by atoms with E-state index in [-0.39, 0.29) is 17.9 Å². The summed E-state index contributed by atoms with van der Waals surface area (Å²) in [6.45, 7) is 2.63. The molecule has 0 fully saturated rings. The Morgan fingerprint density at radius 3 is 2.43 bits per heavy atom. The zero-order valence-corrected chi connectivity index (χ0v) is 9.04. The maximum Gasteiger partial charge on any atom is 0.151 e. The van der Waals surface area contributed by atoms with Crippen molar-refractivity contribution in [1.82, 2.24) is 0 Å². The van der Waals surface area contributed by atoms with Crippen LogP contribution in [0.4, 0.5) is 0 Å². The predicted molar refractivity (Wildman–Crippen MR) is 58.8 cm³/mol. The minimum absolute atomic E-state index is 0.0388. The molecule has 0 amide bonds. The zero-order valence-electron chi connectivity index (χ0n) is 9.04. The van der Waals surface area contributed by atoms with E-state index >= 15 is 0 Å². The van der Waals surface area contributed by atoms with Crippen LogP contribution in [-0.2, 0) is 4.79 Å². The molecule has 0 bridgehead atoms. The lowest BCUT2D eigenvalue weighted by Crippen LogP contribution is -2.35. The number of Topliss-reactive ketones (excluding diaryl/α,β-unsaturated/α-hetero) is 1. The van der Waals surface area contributed by atoms with Crippen LogP contribution in [0.2, 0.25) is 0 Å². The van der Waals surface area contributed by atoms with E-state index in [4.69, 9.17) is 17.2 Å². The maximum absolute atomic E-state index is 11.5. The quantitative estimate of drug-likeness (QED) is 0.487. The highest BCUT2D eigenvalue weighted by Crippen LogP contribution is 2.03. The van der Waals surface area contributed by atoms with Crippen molar-refractivity contribution in [2.45, 2.75) is 51.1 Å². The van der Waals surface area contributed by atoms with Gasteiger partial charge in [0.25, 0.3) is 0 Å². The highest BCUT2D eigenvalue weighted by atomic mass is 16.1. The molecule has 0 aliphatic rings. The second-order valence-electron chi connectivity index (χ2n) is 3.73. The molecule has 0 aromatic carbocycles. The van der Waals surface area contributed by atoms with Gasteiger partial charge in [-0.25, -0.2) is 0 Å². The van der Waals surface area contributed by atoms with Gasteiger partial charge in [0.2, 0.25) is 0 Å². The lowest BCUT2D eigenvalue weighted by molar-refractivity contribution is -0.120. The molecule has 0 rings (SSSR count). The van der Waals surface area contributed by atoms with Gasteiger partial charge < -0.3 is 17.2 Å². The van der Waals surface area contributed by atoms with Crippen molar-refractivity contribution in [2.75, 3.05) is 6.54 Å². The average molecular weight is 201 g/mol. The van der Waals surface area contributed by atoms with E-state index < -0.39 is 0 Å². The Balaban J connectivity index is 3.64.